The van der Waals surface area contributed by atoms with Gasteiger partial charge in [0.15, 0.2) is 0 Å². The second-order valence-electron chi connectivity index (χ2n) is 5.35. The zero-order valence-electron chi connectivity index (χ0n) is 12.2. The van der Waals surface area contributed by atoms with E-state index in [4.69, 9.17) is 17.3 Å². The van der Waals surface area contributed by atoms with Gasteiger partial charge in [-0.15, -0.1) is 0 Å². The first kappa shape index (κ1) is 15.1. The Balaban J connectivity index is 2.18. The minimum atomic E-state index is -0.164. The average Bonchev–Trinajstić information content (AvgIpc) is 2.45. The highest BCUT2D eigenvalue weighted by Gasteiger charge is 2.12. The van der Waals surface area contributed by atoms with E-state index in [1.807, 2.05) is 19.1 Å². The average molecular weight is 288 g/mol. The molecule has 2 rings (SSSR count). The maximum atomic E-state index is 6.33. The van der Waals surface area contributed by atoms with Gasteiger partial charge < -0.3 is 5.73 Å². The summed E-state index contributed by atoms with van der Waals surface area (Å²) >= 11 is 6.29. The van der Waals surface area contributed by atoms with Crippen LogP contribution in [0.2, 0.25) is 5.02 Å². The Hall–Kier alpha value is -1.31. The van der Waals surface area contributed by atoms with Gasteiger partial charge in [0.25, 0.3) is 0 Å². The van der Waals surface area contributed by atoms with Gasteiger partial charge in [-0.3, -0.25) is 0 Å². The summed E-state index contributed by atoms with van der Waals surface area (Å²) in [6.07, 6.45) is 3.59. The van der Waals surface area contributed by atoms with Crippen LogP contribution >= 0.6 is 11.6 Å². The van der Waals surface area contributed by atoms with Crippen LogP contribution in [0.3, 0.4) is 0 Å². The van der Waals surface area contributed by atoms with Crippen LogP contribution in [0.15, 0.2) is 42.5 Å². The lowest BCUT2D eigenvalue weighted by atomic mass is 9.97. The van der Waals surface area contributed by atoms with Crippen LogP contribution in [0.5, 0.6) is 0 Å². The largest absolute Gasteiger partial charge is 0.320 e. The number of rotatable bonds is 5. The van der Waals surface area contributed by atoms with Crippen LogP contribution in [-0.4, -0.2) is 0 Å². The molecular weight excluding hydrogens is 266 g/mol. The van der Waals surface area contributed by atoms with Gasteiger partial charge >= 0.3 is 0 Å². The Morgan fingerprint density at radius 2 is 1.80 bits per heavy atom. The topological polar surface area (TPSA) is 26.0 Å². The van der Waals surface area contributed by atoms with E-state index in [2.05, 4.69) is 37.3 Å². The van der Waals surface area contributed by atoms with Crippen molar-refractivity contribution in [3.05, 3.63) is 69.7 Å². The Bertz CT molecular complexity index is 560. The lowest BCUT2D eigenvalue weighted by Crippen LogP contribution is -2.12. The molecule has 0 aliphatic heterocycles. The van der Waals surface area contributed by atoms with Gasteiger partial charge in [0, 0.05) is 5.02 Å². The molecule has 20 heavy (non-hydrogen) atoms. The number of benzene rings is 2. The Morgan fingerprint density at radius 1 is 1.10 bits per heavy atom. The first-order valence-corrected chi connectivity index (χ1v) is 7.60. The lowest BCUT2D eigenvalue weighted by Gasteiger charge is -2.15. The van der Waals surface area contributed by atoms with Gasteiger partial charge in [0.2, 0.25) is 0 Å². The van der Waals surface area contributed by atoms with E-state index in [0.29, 0.717) is 0 Å². The van der Waals surface area contributed by atoms with E-state index in [0.717, 1.165) is 28.1 Å². The SMILES string of the molecule is CCCCc1ccc(C(N)c2ccc(C)cc2Cl)cc1. The molecule has 0 bridgehead atoms. The number of aryl methyl sites for hydroxylation is 2. The summed E-state index contributed by atoms with van der Waals surface area (Å²) in [5, 5.41) is 0.743. The molecule has 2 aromatic carbocycles. The van der Waals surface area contributed by atoms with Gasteiger partial charge in [-0.05, 0) is 48.1 Å². The molecule has 1 nitrogen and oxygen atoms in total. The van der Waals surface area contributed by atoms with E-state index in [1.165, 1.54) is 18.4 Å². The van der Waals surface area contributed by atoms with Crippen molar-refractivity contribution < 1.29 is 0 Å². The fourth-order valence-electron chi connectivity index (χ4n) is 2.34. The Morgan fingerprint density at radius 3 is 2.40 bits per heavy atom. The molecule has 1 atom stereocenters. The molecule has 1 unspecified atom stereocenters. The zero-order chi connectivity index (χ0) is 14.5. The Kier molecular flexibility index (Phi) is 5.22. The number of halogens is 1. The fourth-order valence-corrected chi connectivity index (χ4v) is 2.69. The molecular formula is C18H22ClN. The fraction of sp³-hybridized carbons (Fsp3) is 0.333. The van der Waals surface area contributed by atoms with Crippen molar-refractivity contribution in [3.63, 3.8) is 0 Å². The lowest BCUT2D eigenvalue weighted by molar-refractivity contribution is 0.793. The molecule has 2 N–H and O–H groups in total. The van der Waals surface area contributed by atoms with Crippen molar-refractivity contribution in [3.8, 4) is 0 Å². The second-order valence-corrected chi connectivity index (χ2v) is 5.75. The molecule has 0 saturated heterocycles. The summed E-state index contributed by atoms with van der Waals surface area (Å²) in [6.45, 7) is 4.24. The van der Waals surface area contributed by atoms with Crippen molar-refractivity contribution in [1.29, 1.82) is 0 Å². The third-order valence-electron chi connectivity index (χ3n) is 3.65. The molecule has 0 aliphatic rings. The van der Waals surface area contributed by atoms with Gasteiger partial charge in [0.1, 0.15) is 0 Å². The molecule has 106 valence electrons. The number of hydrogen-bond acceptors (Lipinski definition) is 1. The first-order chi connectivity index (χ1) is 9.61. The predicted molar refractivity (Wildman–Crippen MR) is 87.3 cm³/mol. The summed E-state index contributed by atoms with van der Waals surface area (Å²) in [5.41, 5.74) is 11.0. The highest BCUT2D eigenvalue weighted by atomic mass is 35.5. The van der Waals surface area contributed by atoms with Gasteiger partial charge in [0.05, 0.1) is 6.04 Å². The molecule has 2 heteroatoms. The summed E-state index contributed by atoms with van der Waals surface area (Å²) in [5.74, 6) is 0. The molecule has 0 aliphatic carbocycles. The smallest absolute Gasteiger partial charge is 0.0566 e. The molecule has 0 amide bonds. The number of unbranched alkanes of at least 4 members (excludes halogenated alkanes) is 1. The highest BCUT2D eigenvalue weighted by Crippen LogP contribution is 2.27. The van der Waals surface area contributed by atoms with Crippen LogP contribution in [-0.2, 0) is 6.42 Å². The number of nitrogens with two attached hydrogens (primary N) is 1. The van der Waals surface area contributed by atoms with Crippen molar-refractivity contribution in [2.24, 2.45) is 5.73 Å². The van der Waals surface area contributed by atoms with Crippen molar-refractivity contribution in [2.75, 3.05) is 0 Å². The second kappa shape index (κ2) is 6.92. The van der Waals surface area contributed by atoms with Crippen LogP contribution < -0.4 is 5.73 Å². The quantitative estimate of drug-likeness (QED) is 0.819. The van der Waals surface area contributed by atoms with Crippen molar-refractivity contribution in [1.82, 2.24) is 0 Å². The highest BCUT2D eigenvalue weighted by molar-refractivity contribution is 6.31. The van der Waals surface area contributed by atoms with Crippen LogP contribution in [0.1, 0.15) is 48.1 Å². The van der Waals surface area contributed by atoms with E-state index < -0.39 is 0 Å². The Labute approximate surface area is 126 Å². The molecule has 0 spiro atoms. The van der Waals surface area contributed by atoms with Crippen molar-refractivity contribution in [2.45, 2.75) is 39.2 Å². The first-order valence-electron chi connectivity index (χ1n) is 7.22. The molecule has 2 aromatic rings. The third-order valence-corrected chi connectivity index (χ3v) is 3.98. The monoisotopic (exact) mass is 287 g/mol. The van der Waals surface area contributed by atoms with Crippen molar-refractivity contribution >= 4 is 11.6 Å². The number of hydrogen-bond donors (Lipinski definition) is 1. The van der Waals surface area contributed by atoms with Gasteiger partial charge in [-0.2, -0.15) is 0 Å². The summed E-state index contributed by atoms with van der Waals surface area (Å²) in [6, 6.07) is 14.5. The van der Waals surface area contributed by atoms with E-state index >= 15 is 0 Å². The normalized spacial score (nSPS) is 12.4. The van der Waals surface area contributed by atoms with Crippen LogP contribution in [0.25, 0.3) is 0 Å². The van der Waals surface area contributed by atoms with E-state index in [9.17, 15) is 0 Å². The molecule has 0 heterocycles. The zero-order valence-corrected chi connectivity index (χ0v) is 13.0. The maximum absolute atomic E-state index is 6.33. The van der Waals surface area contributed by atoms with E-state index in [-0.39, 0.29) is 6.04 Å². The van der Waals surface area contributed by atoms with Gasteiger partial charge in [-0.25, -0.2) is 0 Å². The third kappa shape index (κ3) is 3.62. The molecule has 0 saturated carbocycles. The van der Waals surface area contributed by atoms with E-state index in [1.54, 1.807) is 0 Å². The van der Waals surface area contributed by atoms with Crippen LogP contribution in [0, 0.1) is 6.92 Å². The summed E-state index contributed by atoms with van der Waals surface area (Å²) in [7, 11) is 0. The maximum Gasteiger partial charge on any atom is 0.0566 e. The van der Waals surface area contributed by atoms with Gasteiger partial charge in [-0.1, -0.05) is 61.3 Å². The summed E-state index contributed by atoms with van der Waals surface area (Å²) in [4.78, 5) is 0. The minimum absolute atomic E-state index is 0.164. The van der Waals surface area contributed by atoms with Crippen LogP contribution in [0.4, 0.5) is 0 Å². The predicted octanol–water partition coefficient (Wildman–Crippen LogP) is 5.04. The standard InChI is InChI=1S/C18H22ClN/c1-3-4-5-14-7-9-15(10-8-14)18(20)16-11-6-13(2)12-17(16)19/h6-12,18H,3-5,20H2,1-2H3. The minimum Gasteiger partial charge on any atom is -0.320 e. The molecule has 0 radical (unpaired) electrons. The summed E-state index contributed by atoms with van der Waals surface area (Å²) < 4.78 is 0. The molecule has 0 fully saturated rings. The molecule has 0 aromatic heterocycles.